The molecule has 0 aliphatic carbocycles. The first-order valence-corrected chi connectivity index (χ1v) is 3.62. The Morgan fingerprint density at radius 3 is 2.85 bits per heavy atom. The average Bonchev–Trinajstić information content (AvgIpc) is 2.17. The summed E-state index contributed by atoms with van der Waals surface area (Å²) in [6, 6.07) is 0. The van der Waals surface area contributed by atoms with Gasteiger partial charge in [-0.15, -0.1) is 0 Å². The van der Waals surface area contributed by atoms with Gasteiger partial charge in [-0.1, -0.05) is 6.08 Å². The molecule has 0 saturated carbocycles. The highest BCUT2D eigenvalue weighted by Gasteiger charge is 2.16. The Bertz CT molecular complexity index is 293. The summed E-state index contributed by atoms with van der Waals surface area (Å²) in [4.78, 5) is 22.6. The van der Waals surface area contributed by atoms with Crippen molar-refractivity contribution in [2.45, 2.75) is 6.42 Å². The van der Waals surface area contributed by atoms with Crippen molar-refractivity contribution in [2.24, 2.45) is 0 Å². The van der Waals surface area contributed by atoms with Crippen LogP contribution in [0.15, 0.2) is 24.0 Å². The van der Waals surface area contributed by atoms with E-state index in [-0.39, 0.29) is 5.57 Å². The number of hydrogen-bond donors (Lipinski definition) is 1. The van der Waals surface area contributed by atoms with Crippen LogP contribution < -0.4 is 0 Å². The molecule has 1 aliphatic heterocycles. The lowest BCUT2D eigenvalue weighted by atomic mass is 10.1. The zero-order chi connectivity index (χ0) is 9.84. The fraction of sp³-hybridized carbons (Fsp3) is 0.250. The predicted octanol–water partition coefficient (Wildman–Crippen LogP) is 0.941. The van der Waals surface area contributed by atoms with E-state index in [2.05, 4.69) is 4.74 Å². The zero-order valence-corrected chi connectivity index (χ0v) is 7.06. The second-order valence-corrected chi connectivity index (χ2v) is 2.43. The number of carbonyl (C=O) groups excluding carboxylic acids is 1. The van der Waals surface area contributed by atoms with Gasteiger partial charge in [-0.2, -0.15) is 0 Å². The first kappa shape index (κ1) is 9.31. The number of methoxy groups -OCH3 is 1. The minimum Gasteiger partial charge on any atom is -0.478 e. The van der Waals surface area contributed by atoms with Crippen molar-refractivity contribution in [1.82, 2.24) is 4.90 Å². The van der Waals surface area contributed by atoms with Crippen LogP contribution in [0.3, 0.4) is 0 Å². The number of carboxylic acids is 1. The minimum atomic E-state index is -1.03. The molecule has 0 atom stereocenters. The third-order valence-electron chi connectivity index (χ3n) is 1.56. The van der Waals surface area contributed by atoms with Gasteiger partial charge in [-0.3, -0.25) is 4.90 Å². The van der Waals surface area contributed by atoms with E-state index < -0.39 is 12.1 Å². The monoisotopic (exact) mass is 183 g/mol. The summed E-state index contributed by atoms with van der Waals surface area (Å²) in [5.41, 5.74) is 0.160. The first-order valence-electron chi connectivity index (χ1n) is 3.62. The third kappa shape index (κ3) is 2.08. The molecule has 0 fully saturated rings. The Morgan fingerprint density at radius 2 is 2.31 bits per heavy atom. The minimum absolute atomic E-state index is 0.160. The molecule has 1 amide bonds. The van der Waals surface area contributed by atoms with Crippen LogP contribution in [0.5, 0.6) is 0 Å². The Morgan fingerprint density at radius 1 is 1.62 bits per heavy atom. The molecule has 0 bridgehead atoms. The maximum absolute atomic E-state index is 10.9. The van der Waals surface area contributed by atoms with Gasteiger partial charge in [0.05, 0.1) is 12.7 Å². The lowest BCUT2D eigenvalue weighted by molar-refractivity contribution is -0.132. The topological polar surface area (TPSA) is 66.8 Å². The Balaban J connectivity index is 2.78. The van der Waals surface area contributed by atoms with Crippen molar-refractivity contribution in [2.75, 3.05) is 7.11 Å². The van der Waals surface area contributed by atoms with Crippen LogP contribution in [0, 0.1) is 0 Å². The average molecular weight is 183 g/mol. The fourth-order valence-corrected chi connectivity index (χ4v) is 0.918. The summed E-state index contributed by atoms with van der Waals surface area (Å²) in [7, 11) is 1.24. The van der Waals surface area contributed by atoms with Crippen LogP contribution in [0.1, 0.15) is 6.42 Å². The maximum Gasteiger partial charge on any atom is 0.417 e. The van der Waals surface area contributed by atoms with E-state index in [1.54, 1.807) is 6.08 Å². The summed E-state index contributed by atoms with van der Waals surface area (Å²) < 4.78 is 4.42. The van der Waals surface area contributed by atoms with Crippen LogP contribution in [-0.4, -0.2) is 29.2 Å². The molecule has 0 radical (unpaired) electrons. The number of ether oxygens (including phenoxy) is 1. The predicted molar refractivity (Wildman–Crippen MR) is 43.7 cm³/mol. The third-order valence-corrected chi connectivity index (χ3v) is 1.56. The van der Waals surface area contributed by atoms with Gasteiger partial charge in [0.25, 0.3) is 0 Å². The summed E-state index contributed by atoms with van der Waals surface area (Å²) >= 11 is 0. The molecule has 1 aliphatic rings. The smallest absolute Gasteiger partial charge is 0.417 e. The van der Waals surface area contributed by atoms with E-state index >= 15 is 0 Å². The van der Waals surface area contributed by atoms with E-state index in [0.717, 1.165) is 4.90 Å². The molecule has 0 saturated heterocycles. The number of hydrogen-bond acceptors (Lipinski definition) is 3. The molecule has 5 heteroatoms. The van der Waals surface area contributed by atoms with Gasteiger partial charge in [0.15, 0.2) is 0 Å². The molecule has 5 nitrogen and oxygen atoms in total. The molecular formula is C8H9NO4. The number of rotatable bonds is 1. The molecule has 13 heavy (non-hydrogen) atoms. The van der Waals surface area contributed by atoms with Crippen molar-refractivity contribution >= 4 is 12.1 Å². The number of amides is 1. The second-order valence-electron chi connectivity index (χ2n) is 2.43. The van der Waals surface area contributed by atoms with Crippen LogP contribution in [0.4, 0.5) is 4.79 Å². The first-order chi connectivity index (χ1) is 6.15. The van der Waals surface area contributed by atoms with Crippen molar-refractivity contribution < 1.29 is 19.4 Å². The van der Waals surface area contributed by atoms with Gasteiger partial charge in [-0.05, 0) is 0 Å². The Labute approximate surface area is 74.9 Å². The van der Waals surface area contributed by atoms with Gasteiger partial charge in [0.2, 0.25) is 0 Å². The summed E-state index contributed by atoms with van der Waals surface area (Å²) in [5.74, 6) is -1.03. The van der Waals surface area contributed by atoms with Gasteiger partial charge < -0.3 is 9.84 Å². The summed E-state index contributed by atoms with van der Waals surface area (Å²) in [6.07, 6.45) is 4.02. The van der Waals surface area contributed by atoms with Gasteiger partial charge in [0.1, 0.15) is 0 Å². The quantitative estimate of drug-likeness (QED) is 0.656. The largest absolute Gasteiger partial charge is 0.478 e. The van der Waals surface area contributed by atoms with E-state index in [1.807, 2.05) is 0 Å². The molecule has 0 unspecified atom stereocenters. The standard InChI is InChI=1S/C8H9NO4/c1-13-8(12)9-4-2-3-6(5-9)7(10)11/h2,4-5H,3H2,1H3,(H,10,11). The Hall–Kier alpha value is -1.78. The lowest BCUT2D eigenvalue weighted by Crippen LogP contribution is -2.23. The number of nitrogens with zero attached hydrogens (tertiary/aromatic N) is 1. The number of carbonyl (C=O) groups is 2. The molecule has 0 aromatic carbocycles. The lowest BCUT2D eigenvalue weighted by Gasteiger charge is -2.16. The molecule has 1 heterocycles. The van der Waals surface area contributed by atoms with E-state index in [0.29, 0.717) is 6.42 Å². The zero-order valence-electron chi connectivity index (χ0n) is 7.06. The van der Waals surface area contributed by atoms with Gasteiger partial charge in [0, 0.05) is 18.8 Å². The highest BCUT2D eigenvalue weighted by atomic mass is 16.5. The molecule has 0 aromatic heterocycles. The summed E-state index contributed by atoms with van der Waals surface area (Å²) in [6.45, 7) is 0. The molecule has 1 N–H and O–H groups in total. The molecular weight excluding hydrogens is 174 g/mol. The number of aliphatic carboxylic acids is 1. The van der Waals surface area contributed by atoms with Crippen LogP contribution in [0.2, 0.25) is 0 Å². The summed E-state index contributed by atoms with van der Waals surface area (Å²) in [5, 5.41) is 8.63. The maximum atomic E-state index is 10.9. The SMILES string of the molecule is COC(=O)N1C=CCC(C(=O)O)=C1. The number of allylic oxidation sites excluding steroid dienone is 1. The normalized spacial score (nSPS) is 15.2. The molecule has 0 spiro atoms. The highest BCUT2D eigenvalue weighted by Crippen LogP contribution is 2.12. The molecule has 70 valence electrons. The Kier molecular flexibility index (Phi) is 2.69. The van der Waals surface area contributed by atoms with Gasteiger partial charge >= 0.3 is 12.1 Å². The van der Waals surface area contributed by atoms with Crippen LogP contribution in [-0.2, 0) is 9.53 Å². The second kappa shape index (κ2) is 3.75. The number of carboxylic acid groups (broad SMARTS) is 1. The van der Waals surface area contributed by atoms with E-state index in [1.165, 1.54) is 19.5 Å². The van der Waals surface area contributed by atoms with E-state index in [4.69, 9.17) is 5.11 Å². The van der Waals surface area contributed by atoms with Crippen molar-refractivity contribution in [3.8, 4) is 0 Å². The fourth-order valence-electron chi connectivity index (χ4n) is 0.918. The van der Waals surface area contributed by atoms with Gasteiger partial charge in [-0.25, -0.2) is 9.59 Å². The van der Waals surface area contributed by atoms with E-state index in [9.17, 15) is 9.59 Å². The van der Waals surface area contributed by atoms with Crippen molar-refractivity contribution in [3.63, 3.8) is 0 Å². The van der Waals surface area contributed by atoms with Crippen LogP contribution in [0.25, 0.3) is 0 Å². The molecule has 0 aromatic rings. The molecule has 1 rings (SSSR count). The van der Waals surface area contributed by atoms with Crippen molar-refractivity contribution in [1.29, 1.82) is 0 Å². The van der Waals surface area contributed by atoms with Crippen molar-refractivity contribution in [3.05, 3.63) is 24.0 Å². The van der Waals surface area contributed by atoms with Crippen LogP contribution >= 0.6 is 0 Å². The highest BCUT2D eigenvalue weighted by molar-refractivity contribution is 5.88.